The van der Waals surface area contributed by atoms with Crippen LogP contribution in [0.5, 0.6) is 0 Å². The lowest BCUT2D eigenvalue weighted by Gasteiger charge is -2.40. The molecule has 3 heterocycles. The zero-order valence-electron chi connectivity index (χ0n) is 23.6. The van der Waals surface area contributed by atoms with Crippen LogP contribution in [0.15, 0.2) is 77.2 Å². The fourth-order valence-electron chi connectivity index (χ4n) is 6.83. The minimum atomic E-state index is -1.23. The Balaban J connectivity index is 1.30. The molecule has 226 valence electrons. The number of carbonyl (C=O) groups is 2. The summed E-state index contributed by atoms with van der Waals surface area (Å²) in [5.41, 5.74) is 2.20. The van der Waals surface area contributed by atoms with Gasteiger partial charge >= 0.3 is 5.97 Å². The second kappa shape index (κ2) is 11.0. The third kappa shape index (κ3) is 4.97. The summed E-state index contributed by atoms with van der Waals surface area (Å²) in [6.07, 6.45) is 11.8. The number of nitrogens with zero attached hydrogens (tertiary/aromatic N) is 2. The van der Waals surface area contributed by atoms with E-state index in [1.165, 1.54) is 23.9 Å². The number of amides is 1. The molecular weight excluding hydrogens is 606 g/mol. The molecule has 1 amide bonds. The van der Waals surface area contributed by atoms with Crippen molar-refractivity contribution in [3.8, 4) is 0 Å². The first-order valence-electron chi connectivity index (χ1n) is 14.6. The molecule has 1 unspecified atom stereocenters. The standard InChI is InChI=1S/C33H29Cl2FN4O4/c34-20-6-8-24-27(13-20)39-32(43)33(24)25(22-9-10-38-30(35)29(22)36)14-21(40(33)15-18-3-4-18)16-44-28(11-17-1-2-17)23-7-5-19(31(41)42)12-26(23)37/h1,5-10,12-13,18,21,25,37H,2-4,11,14-16H2,(H,39,43)(H,41,42)/b28-23+,37-26?/t21?,25-,33-/m1/s1. The number of aliphatic carboxylic acids is 1. The van der Waals surface area contributed by atoms with E-state index >= 15 is 4.39 Å². The van der Waals surface area contributed by atoms with E-state index in [2.05, 4.69) is 21.3 Å². The zero-order valence-corrected chi connectivity index (χ0v) is 25.1. The Morgan fingerprint density at radius 3 is 2.75 bits per heavy atom. The highest BCUT2D eigenvalue weighted by atomic mass is 35.5. The summed E-state index contributed by atoms with van der Waals surface area (Å²) in [5.74, 6) is -1.64. The second-order valence-corrected chi connectivity index (χ2v) is 12.8. The third-order valence-electron chi connectivity index (χ3n) is 9.19. The molecule has 5 aliphatic rings. The molecule has 7 rings (SSSR count). The van der Waals surface area contributed by atoms with Gasteiger partial charge in [0.15, 0.2) is 11.0 Å². The number of hydrogen-bond acceptors (Lipinski definition) is 6. The van der Waals surface area contributed by atoms with Crippen molar-refractivity contribution in [1.82, 2.24) is 9.88 Å². The van der Waals surface area contributed by atoms with Gasteiger partial charge in [-0.1, -0.05) is 40.9 Å². The summed E-state index contributed by atoms with van der Waals surface area (Å²) >= 11 is 12.5. The lowest BCUT2D eigenvalue weighted by molar-refractivity contribution is -0.132. The Labute approximate surface area is 263 Å². The average Bonchev–Trinajstić information content (AvgIpc) is 3.92. The first-order chi connectivity index (χ1) is 21.2. The quantitative estimate of drug-likeness (QED) is 0.164. The molecule has 2 fully saturated rings. The molecule has 1 aromatic heterocycles. The average molecular weight is 636 g/mol. The first kappa shape index (κ1) is 29.0. The molecule has 3 N–H and O–H groups in total. The number of hydrogen-bond donors (Lipinski definition) is 3. The van der Waals surface area contributed by atoms with Crippen LogP contribution in [0.25, 0.3) is 0 Å². The maximum Gasteiger partial charge on any atom is 0.335 e. The molecule has 2 aliphatic heterocycles. The second-order valence-electron chi connectivity index (χ2n) is 12.0. The number of ether oxygens (including phenoxy) is 1. The number of allylic oxidation sites excluding steroid dienone is 5. The predicted molar refractivity (Wildman–Crippen MR) is 164 cm³/mol. The van der Waals surface area contributed by atoms with E-state index in [1.807, 2.05) is 6.07 Å². The lowest BCUT2D eigenvalue weighted by Crippen LogP contribution is -2.53. The topological polar surface area (TPSA) is 116 Å². The molecule has 0 bridgehead atoms. The third-order valence-corrected chi connectivity index (χ3v) is 9.69. The van der Waals surface area contributed by atoms with Gasteiger partial charge in [-0.05, 0) is 73.6 Å². The number of halogens is 3. The van der Waals surface area contributed by atoms with E-state index in [4.69, 9.17) is 33.3 Å². The fraction of sp³-hybridized carbons (Fsp3) is 0.333. The molecule has 1 saturated carbocycles. The van der Waals surface area contributed by atoms with Gasteiger partial charge in [0.2, 0.25) is 5.91 Å². The summed E-state index contributed by atoms with van der Waals surface area (Å²) in [7, 11) is 0. The molecule has 1 saturated heterocycles. The summed E-state index contributed by atoms with van der Waals surface area (Å²) in [6.45, 7) is 0.808. The maximum atomic E-state index is 15.7. The van der Waals surface area contributed by atoms with Gasteiger partial charge in [-0.2, -0.15) is 0 Å². The van der Waals surface area contributed by atoms with Crippen LogP contribution < -0.4 is 5.32 Å². The van der Waals surface area contributed by atoms with Gasteiger partial charge in [0.05, 0.1) is 11.3 Å². The van der Waals surface area contributed by atoms with Gasteiger partial charge in [0.1, 0.15) is 17.9 Å². The van der Waals surface area contributed by atoms with Crippen LogP contribution in [0.3, 0.4) is 0 Å². The smallest absolute Gasteiger partial charge is 0.335 e. The number of carbonyl (C=O) groups excluding carboxylic acids is 1. The molecule has 44 heavy (non-hydrogen) atoms. The number of carboxylic acids is 1. The van der Waals surface area contributed by atoms with Crippen molar-refractivity contribution in [3.05, 3.63) is 104 Å². The molecular formula is C33H29Cl2FN4O4. The Morgan fingerprint density at radius 2 is 2.05 bits per heavy atom. The van der Waals surface area contributed by atoms with Crippen LogP contribution in [0.4, 0.5) is 10.1 Å². The Kier molecular flexibility index (Phi) is 7.22. The zero-order chi connectivity index (χ0) is 30.7. The highest BCUT2D eigenvalue weighted by Crippen LogP contribution is 2.58. The molecule has 3 atom stereocenters. The van der Waals surface area contributed by atoms with E-state index in [-0.39, 0.29) is 35.0 Å². The number of pyridine rings is 1. The van der Waals surface area contributed by atoms with Gasteiger partial charge in [0.25, 0.3) is 0 Å². The number of nitrogens with one attached hydrogen (secondary N) is 2. The van der Waals surface area contributed by atoms with Gasteiger partial charge in [0, 0.05) is 53.0 Å². The SMILES string of the molecule is N=C1C=C(C(=O)O)C=C/C1=C(/CC1=CC1)OCC1C[C@H](c2ccnc(Cl)c2F)[C@]2(C(=O)Nc3cc(Cl)ccc32)N1CC1CC1. The summed E-state index contributed by atoms with van der Waals surface area (Å²) in [4.78, 5) is 31.8. The van der Waals surface area contributed by atoms with Crippen LogP contribution >= 0.6 is 23.2 Å². The number of anilines is 1. The van der Waals surface area contributed by atoms with Crippen LogP contribution in [0.1, 0.15) is 49.1 Å². The highest BCUT2D eigenvalue weighted by Gasteiger charge is 2.64. The van der Waals surface area contributed by atoms with Gasteiger partial charge in [-0.15, -0.1) is 0 Å². The minimum absolute atomic E-state index is 0.0315. The summed E-state index contributed by atoms with van der Waals surface area (Å²) < 4.78 is 22.3. The lowest BCUT2D eigenvalue weighted by atomic mass is 9.75. The Morgan fingerprint density at radius 1 is 1.25 bits per heavy atom. The molecule has 2 aromatic rings. The molecule has 1 aromatic carbocycles. The number of likely N-dealkylation sites (tertiary alicyclic amines) is 1. The van der Waals surface area contributed by atoms with Gasteiger partial charge in [-0.3, -0.25) is 9.69 Å². The fourth-order valence-corrected chi connectivity index (χ4v) is 7.17. The number of fused-ring (bicyclic) bond motifs is 2. The Bertz CT molecular complexity index is 1750. The van der Waals surface area contributed by atoms with Crippen molar-refractivity contribution in [2.45, 2.75) is 49.6 Å². The van der Waals surface area contributed by atoms with Crippen LogP contribution in [-0.4, -0.2) is 51.8 Å². The van der Waals surface area contributed by atoms with E-state index in [9.17, 15) is 14.7 Å². The number of aromatic nitrogens is 1. The summed E-state index contributed by atoms with van der Waals surface area (Å²) in [5, 5.41) is 21.2. The van der Waals surface area contributed by atoms with Crippen molar-refractivity contribution < 1.29 is 23.8 Å². The molecule has 1 spiro atoms. The molecule has 11 heteroatoms. The highest BCUT2D eigenvalue weighted by molar-refractivity contribution is 6.31. The van der Waals surface area contributed by atoms with E-state index in [0.717, 1.165) is 24.8 Å². The molecule has 3 aliphatic carbocycles. The largest absolute Gasteiger partial charge is 0.495 e. The minimum Gasteiger partial charge on any atom is -0.495 e. The number of rotatable bonds is 9. The van der Waals surface area contributed by atoms with Crippen LogP contribution in [0.2, 0.25) is 10.2 Å². The molecule has 8 nitrogen and oxygen atoms in total. The monoisotopic (exact) mass is 634 g/mol. The number of carboxylic acid groups (broad SMARTS) is 1. The Hall–Kier alpha value is -3.79. The van der Waals surface area contributed by atoms with E-state index < -0.39 is 23.2 Å². The van der Waals surface area contributed by atoms with Gasteiger partial charge in [-0.25, -0.2) is 14.2 Å². The van der Waals surface area contributed by atoms with E-state index in [1.54, 1.807) is 24.3 Å². The van der Waals surface area contributed by atoms with Crippen LogP contribution in [-0.2, 0) is 19.9 Å². The van der Waals surface area contributed by atoms with E-state index in [0.29, 0.717) is 52.9 Å². The number of benzene rings is 1. The predicted octanol–water partition coefficient (Wildman–Crippen LogP) is 6.53. The van der Waals surface area contributed by atoms with Crippen molar-refractivity contribution in [3.63, 3.8) is 0 Å². The van der Waals surface area contributed by atoms with Crippen molar-refractivity contribution >= 4 is 46.5 Å². The van der Waals surface area contributed by atoms with Crippen molar-refractivity contribution in [1.29, 1.82) is 5.41 Å². The first-order valence-corrected chi connectivity index (χ1v) is 15.4. The van der Waals surface area contributed by atoms with Crippen LogP contribution in [0, 0.1) is 17.1 Å². The summed E-state index contributed by atoms with van der Waals surface area (Å²) in [6, 6.07) is 6.62. The van der Waals surface area contributed by atoms with Crippen molar-refractivity contribution in [2.75, 3.05) is 18.5 Å². The molecule has 0 radical (unpaired) electrons. The van der Waals surface area contributed by atoms with Gasteiger partial charge < -0.3 is 20.6 Å². The maximum absolute atomic E-state index is 15.7. The normalized spacial score (nSPS) is 26.8. The van der Waals surface area contributed by atoms with Crippen molar-refractivity contribution in [2.24, 2.45) is 5.92 Å².